The van der Waals surface area contributed by atoms with E-state index in [4.69, 9.17) is 9.47 Å². The molecule has 8 heteroatoms. The van der Waals surface area contributed by atoms with Gasteiger partial charge in [-0.25, -0.2) is 4.98 Å². The van der Waals surface area contributed by atoms with Crippen LogP contribution < -0.4 is 14.4 Å². The van der Waals surface area contributed by atoms with Crippen LogP contribution in [-0.4, -0.2) is 30.2 Å². The molecule has 2 aromatic rings. The summed E-state index contributed by atoms with van der Waals surface area (Å²) in [5, 5.41) is 0. The van der Waals surface area contributed by atoms with Gasteiger partial charge in [0.05, 0.1) is 13.2 Å². The highest BCUT2D eigenvalue weighted by Crippen LogP contribution is 2.38. The first-order valence-electron chi connectivity index (χ1n) is 8.76. The summed E-state index contributed by atoms with van der Waals surface area (Å²) in [6, 6.07) is 6.78. The molecule has 0 aliphatic heterocycles. The maximum absolute atomic E-state index is 13.4. The van der Waals surface area contributed by atoms with Gasteiger partial charge in [-0.15, -0.1) is 0 Å². The highest BCUT2D eigenvalue weighted by Gasteiger charge is 2.36. The Kier molecular flexibility index (Phi) is 6.87. The summed E-state index contributed by atoms with van der Waals surface area (Å²) in [5.41, 5.74) is -0.413. The number of benzene rings is 1. The first-order valence-corrected chi connectivity index (χ1v) is 8.76. The van der Waals surface area contributed by atoms with E-state index in [1.807, 2.05) is 20.8 Å². The first kappa shape index (κ1) is 20.8. The van der Waals surface area contributed by atoms with Crippen LogP contribution in [0, 0.1) is 5.92 Å². The van der Waals surface area contributed by atoms with Crippen molar-refractivity contribution in [1.29, 1.82) is 0 Å². The number of rotatable bonds is 8. The highest BCUT2D eigenvalue weighted by molar-refractivity contribution is 5.64. The van der Waals surface area contributed by atoms with Crippen LogP contribution in [0.4, 0.5) is 24.7 Å². The molecule has 0 fully saturated rings. The minimum Gasteiger partial charge on any atom is -0.493 e. The van der Waals surface area contributed by atoms with Gasteiger partial charge in [0.2, 0.25) is 0 Å². The lowest BCUT2D eigenvalue weighted by atomic mass is 10.2. The summed E-state index contributed by atoms with van der Waals surface area (Å²) in [7, 11) is 1.52. The van der Waals surface area contributed by atoms with Gasteiger partial charge in [0.15, 0.2) is 5.82 Å². The zero-order valence-corrected chi connectivity index (χ0v) is 15.9. The van der Waals surface area contributed by atoms with E-state index in [1.165, 1.54) is 11.9 Å². The number of hydrogen-bond donors (Lipinski definition) is 0. The number of alkyl halides is 3. The fraction of sp³-hybridized carbons (Fsp3) is 0.474. The zero-order valence-electron chi connectivity index (χ0n) is 15.9. The second-order valence-corrected chi connectivity index (χ2v) is 6.50. The lowest BCUT2D eigenvalue weighted by molar-refractivity contribution is -0.137. The molecule has 1 aromatic carbocycles. The highest BCUT2D eigenvalue weighted by atomic mass is 19.4. The molecule has 1 heterocycles. The molecule has 27 heavy (non-hydrogen) atoms. The van der Waals surface area contributed by atoms with E-state index < -0.39 is 11.7 Å². The van der Waals surface area contributed by atoms with Crippen molar-refractivity contribution in [3.05, 3.63) is 36.0 Å². The lowest BCUT2D eigenvalue weighted by Gasteiger charge is -2.23. The monoisotopic (exact) mass is 383 g/mol. The molecule has 0 spiro atoms. The van der Waals surface area contributed by atoms with Crippen molar-refractivity contribution in [2.24, 2.45) is 5.92 Å². The fourth-order valence-corrected chi connectivity index (χ4v) is 2.24. The van der Waals surface area contributed by atoms with E-state index in [9.17, 15) is 13.2 Å². The summed E-state index contributed by atoms with van der Waals surface area (Å²) < 4.78 is 51.2. The average molecular weight is 383 g/mol. The quantitative estimate of drug-likeness (QED) is 0.636. The van der Waals surface area contributed by atoms with Gasteiger partial charge in [-0.05, 0) is 24.5 Å². The van der Waals surface area contributed by atoms with E-state index in [2.05, 4.69) is 9.97 Å². The van der Waals surface area contributed by atoms with Crippen LogP contribution in [0.2, 0.25) is 0 Å². The Bertz CT molecular complexity index is 751. The number of aromatic nitrogens is 2. The van der Waals surface area contributed by atoms with Crippen molar-refractivity contribution in [3.63, 3.8) is 0 Å². The Balaban J connectivity index is 2.38. The molecule has 0 unspecified atom stereocenters. The Morgan fingerprint density at radius 2 is 1.93 bits per heavy atom. The second-order valence-electron chi connectivity index (χ2n) is 6.50. The maximum atomic E-state index is 13.4. The first-order chi connectivity index (χ1) is 12.7. The molecule has 0 atom stereocenters. The largest absolute Gasteiger partial charge is 0.493 e. The van der Waals surface area contributed by atoms with Crippen LogP contribution >= 0.6 is 0 Å². The summed E-state index contributed by atoms with van der Waals surface area (Å²) in [5.74, 6) is 0.645. The van der Waals surface area contributed by atoms with Gasteiger partial charge in [-0.1, -0.05) is 26.8 Å². The average Bonchev–Trinajstić information content (AvgIpc) is 2.63. The van der Waals surface area contributed by atoms with Crippen molar-refractivity contribution in [2.75, 3.05) is 25.2 Å². The zero-order chi connectivity index (χ0) is 20.0. The molecular formula is C19H24F3N3O2. The Morgan fingerprint density at radius 3 is 2.56 bits per heavy atom. The van der Waals surface area contributed by atoms with Gasteiger partial charge in [0, 0.05) is 25.0 Å². The smallest absolute Gasteiger partial charge is 0.421 e. The fourth-order valence-electron chi connectivity index (χ4n) is 2.24. The minimum atomic E-state index is -4.58. The normalized spacial score (nSPS) is 11.6. The number of anilines is 2. The molecule has 0 N–H and O–H groups in total. The van der Waals surface area contributed by atoms with Crippen LogP contribution in [0.5, 0.6) is 11.8 Å². The Hall–Kier alpha value is -2.51. The third kappa shape index (κ3) is 5.74. The van der Waals surface area contributed by atoms with Crippen LogP contribution in [0.15, 0.2) is 30.5 Å². The lowest BCUT2D eigenvalue weighted by Crippen LogP contribution is -2.19. The van der Waals surface area contributed by atoms with Crippen LogP contribution in [0.1, 0.15) is 32.8 Å². The predicted molar refractivity (Wildman–Crippen MR) is 97.7 cm³/mol. The van der Waals surface area contributed by atoms with Crippen molar-refractivity contribution < 1.29 is 22.6 Å². The summed E-state index contributed by atoms with van der Waals surface area (Å²) in [4.78, 5) is 9.02. The van der Waals surface area contributed by atoms with Crippen molar-refractivity contribution >= 4 is 11.5 Å². The van der Waals surface area contributed by atoms with E-state index in [0.29, 0.717) is 37.0 Å². The second kappa shape index (κ2) is 8.92. The molecule has 0 radical (unpaired) electrons. The topological polar surface area (TPSA) is 47.5 Å². The van der Waals surface area contributed by atoms with Crippen LogP contribution in [0.25, 0.3) is 0 Å². The molecule has 5 nitrogen and oxygen atoms in total. The molecule has 0 aliphatic carbocycles. The predicted octanol–water partition coefficient (Wildman–Crippen LogP) is 5.09. The van der Waals surface area contributed by atoms with E-state index in [0.717, 1.165) is 6.20 Å². The summed E-state index contributed by atoms with van der Waals surface area (Å²) in [6.07, 6.45) is -3.13. The molecular weight excluding hydrogens is 359 g/mol. The summed E-state index contributed by atoms with van der Waals surface area (Å²) >= 11 is 0. The van der Waals surface area contributed by atoms with Crippen LogP contribution in [-0.2, 0) is 6.18 Å². The molecule has 0 saturated carbocycles. The van der Waals surface area contributed by atoms with Crippen molar-refractivity contribution in [1.82, 2.24) is 9.97 Å². The number of hydrogen-bond acceptors (Lipinski definition) is 5. The van der Waals surface area contributed by atoms with Gasteiger partial charge in [-0.3, -0.25) is 0 Å². The molecule has 0 aliphatic rings. The van der Waals surface area contributed by atoms with E-state index in [-0.39, 0.29) is 11.8 Å². The third-order valence-corrected chi connectivity index (χ3v) is 3.59. The molecule has 1 aromatic heterocycles. The third-order valence-electron chi connectivity index (χ3n) is 3.59. The van der Waals surface area contributed by atoms with E-state index >= 15 is 0 Å². The SMILES string of the molecule is CCCOc1ncc(C(F)(F)F)c(N(C)c2cccc(OCC(C)C)c2)n1. The minimum absolute atomic E-state index is 0.0843. The molecule has 0 saturated heterocycles. The van der Waals surface area contributed by atoms with Gasteiger partial charge < -0.3 is 14.4 Å². The van der Waals surface area contributed by atoms with Gasteiger partial charge in [-0.2, -0.15) is 18.2 Å². The van der Waals surface area contributed by atoms with Crippen molar-refractivity contribution in [2.45, 2.75) is 33.4 Å². The Morgan fingerprint density at radius 1 is 1.19 bits per heavy atom. The van der Waals surface area contributed by atoms with E-state index in [1.54, 1.807) is 24.3 Å². The van der Waals surface area contributed by atoms with Gasteiger partial charge in [0.1, 0.15) is 11.3 Å². The molecule has 2 rings (SSSR count). The maximum Gasteiger partial charge on any atom is 0.421 e. The number of ether oxygens (including phenoxy) is 2. The molecule has 0 bridgehead atoms. The number of nitrogens with zero attached hydrogens (tertiary/aromatic N) is 3. The van der Waals surface area contributed by atoms with Gasteiger partial charge in [0.25, 0.3) is 0 Å². The standard InChI is InChI=1S/C19H24F3N3O2/c1-5-9-26-18-23-11-16(19(20,21)22)17(24-18)25(4)14-7-6-8-15(10-14)27-12-13(2)3/h6-8,10-11,13H,5,9,12H2,1-4H3. The molecule has 148 valence electrons. The summed E-state index contributed by atoms with van der Waals surface area (Å²) in [6.45, 7) is 6.77. The van der Waals surface area contributed by atoms with Crippen LogP contribution in [0.3, 0.4) is 0 Å². The number of halogens is 3. The van der Waals surface area contributed by atoms with Crippen molar-refractivity contribution in [3.8, 4) is 11.8 Å². The van der Waals surface area contributed by atoms with Gasteiger partial charge >= 0.3 is 12.2 Å². The molecule has 0 amide bonds. The Labute approximate surface area is 157 Å².